The lowest BCUT2D eigenvalue weighted by atomic mass is 9.96. The zero-order chi connectivity index (χ0) is 13.1. The largest absolute Gasteiger partial charge is 0.492 e. The van der Waals surface area contributed by atoms with Crippen molar-refractivity contribution in [1.82, 2.24) is 9.97 Å². The molecule has 1 unspecified atom stereocenters. The minimum atomic E-state index is -0.210. The SMILES string of the molecule is O=C(Nc1ncccn1)C1COc2ccccc2C1. The molecule has 0 aliphatic carbocycles. The molecule has 0 fully saturated rings. The minimum Gasteiger partial charge on any atom is -0.492 e. The lowest BCUT2D eigenvalue weighted by Crippen LogP contribution is -2.33. The van der Waals surface area contributed by atoms with E-state index in [1.165, 1.54) is 0 Å². The molecule has 0 radical (unpaired) electrons. The first-order chi connectivity index (χ1) is 9.33. The fraction of sp³-hybridized carbons (Fsp3) is 0.214. The summed E-state index contributed by atoms with van der Waals surface area (Å²) in [6.45, 7) is 0.385. The van der Waals surface area contributed by atoms with Gasteiger partial charge in [0.15, 0.2) is 0 Å². The Balaban J connectivity index is 1.70. The van der Waals surface area contributed by atoms with Gasteiger partial charge in [-0.2, -0.15) is 0 Å². The Morgan fingerprint density at radius 3 is 2.84 bits per heavy atom. The third-order valence-corrected chi connectivity index (χ3v) is 3.05. The highest BCUT2D eigenvalue weighted by atomic mass is 16.5. The lowest BCUT2D eigenvalue weighted by Gasteiger charge is -2.24. The van der Waals surface area contributed by atoms with Crippen LogP contribution in [0.4, 0.5) is 5.95 Å². The van der Waals surface area contributed by atoms with Gasteiger partial charge in [-0.05, 0) is 24.1 Å². The van der Waals surface area contributed by atoms with E-state index in [-0.39, 0.29) is 11.8 Å². The molecule has 1 aromatic carbocycles. The summed E-state index contributed by atoms with van der Waals surface area (Å²) in [5, 5.41) is 2.70. The van der Waals surface area contributed by atoms with Crippen molar-refractivity contribution in [3.8, 4) is 5.75 Å². The lowest BCUT2D eigenvalue weighted by molar-refractivity contribution is -0.121. The molecule has 2 heterocycles. The molecule has 0 saturated heterocycles. The van der Waals surface area contributed by atoms with Gasteiger partial charge in [0.1, 0.15) is 12.4 Å². The van der Waals surface area contributed by atoms with Crippen molar-refractivity contribution >= 4 is 11.9 Å². The summed E-state index contributed by atoms with van der Waals surface area (Å²) in [5.41, 5.74) is 1.06. The van der Waals surface area contributed by atoms with Crippen molar-refractivity contribution in [1.29, 1.82) is 0 Å². The number of hydrogen-bond acceptors (Lipinski definition) is 4. The summed E-state index contributed by atoms with van der Waals surface area (Å²) < 4.78 is 5.59. The molecule has 5 nitrogen and oxygen atoms in total. The van der Waals surface area contributed by atoms with Gasteiger partial charge in [0.05, 0.1) is 5.92 Å². The van der Waals surface area contributed by atoms with Gasteiger partial charge >= 0.3 is 0 Å². The first kappa shape index (κ1) is 11.6. The van der Waals surface area contributed by atoms with Crippen LogP contribution in [0.2, 0.25) is 0 Å². The van der Waals surface area contributed by atoms with E-state index in [1.807, 2.05) is 24.3 Å². The quantitative estimate of drug-likeness (QED) is 0.886. The van der Waals surface area contributed by atoms with E-state index in [9.17, 15) is 4.79 Å². The number of carbonyl (C=O) groups is 1. The van der Waals surface area contributed by atoms with Crippen molar-refractivity contribution in [3.63, 3.8) is 0 Å². The Morgan fingerprint density at radius 2 is 2.00 bits per heavy atom. The topological polar surface area (TPSA) is 64.1 Å². The predicted octanol–water partition coefficient (Wildman–Crippen LogP) is 1.67. The van der Waals surface area contributed by atoms with Gasteiger partial charge in [-0.3, -0.25) is 10.1 Å². The van der Waals surface area contributed by atoms with E-state index in [2.05, 4.69) is 15.3 Å². The zero-order valence-corrected chi connectivity index (χ0v) is 10.2. The van der Waals surface area contributed by atoms with E-state index in [0.29, 0.717) is 19.0 Å². The van der Waals surface area contributed by atoms with Gasteiger partial charge in [0.2, 0.25) is 11.9 Å². The van der Waals surface area contributed by atoms with Crippen LogP contribution in [0.15, 0.2) is 42.7 Å². The van der Waals surface area contributed by atoms with Crippen LogP contribution in [0.3, 0.4) is 0 Å². The number of rotatable bonds is 2. The van der Waals surface area contributed by atoms with Crippen LogP contribution in [-0.2, 0) is 11.2 Å². The Kier molecular flexibility index (Phi) is 3.10. The second-order valence-corrected chi connectivity index (χ2v) is 4.38. The summed E-state index contributed by atoms with van der Waals surface area (Å²) in [5.74, 6) is 0.869. The van der Waals surface area contributed by atoms with E-state index in [1.54, 1.807) is 18.5 Å². The minimum absolute atomic E-state index is 0.110. The van der Waals surface area contributed by atoms with Crippen LogP contribution in [-0.4, -0.2) is 22.5 Å². The number of amides is 1. The van der Waals surface area contributed by atoms with Crippen molar-refractivity contribution in [3.05, 3.63) is 48.3 Å². The Morgan fingerprint density at radius 1 is 1.21 bits per heavy atom. The summed E-state index contributed by atoms with van der Waals surface area (Å²) >= 11 is 0. The van der Waals surface area contributed by atoms with E-state index >= 15 is 0 Å². The predicted molar refractivity (Wildman–Crippen MR) is 69.8 cm³/mol. The van der Waals surface area contributed by atoms with Crippen LogP contribution in [0.5, 0.6) is 5.75 Å². The van der Waals surface area contributed by atoms with Gasteiger partial charge in [0, 0.05) is 12.4 Å². The zero-order valence-electron chi connectivity index (χ0n) is 10.2. The summed E-state index contributed by atoms with van der Waals surface area (Å²) in [6, 6.07) is 9.48. The number of anilines is 1. The van der Waals surface area contributed by atoms with E-state index < -0.39 is 0 Å². The maximum Gasteiger partial charge on any atom is 0.233 e. The number of aromatic nitrogens is 2. The smallest absolute Gasteiger partial charge is 0.233 e. The molecule has 0 bridgehead atoms. The molecule has 1 amide bonds. The van der Waals surface area contributed by atoms with E-state index in [4.69, 9.17) is 4.74 Å². The first-order valence-corrected chi connectivity index (χ1v) is 6.11. The van der Waals surface area contributed by atoms with Gasteiger partial charge < -0.3 is 4.74 Å². The van der Waals surface area contributed by atoms with Crippen molar-refractivity contribution < 1.29 is 9.53 Å². The fourth-order valence-electron chi connectivity index (χ4n) is 2.07. The highest BCUT2D eigenvalue weighted by molar-refractivity contribution is 5.91. The number of hydrogen-bond donors (Lipinski definition) is 1. The van der Waals surface area contributed by atoms with Crippen molar-refractivity contribution in [2.75, 3.05) is 11.9 Å². The third-order valence-electron chi connectivity index (χ3n) is 3.05. The van der Waals surface area contributed by atoms with E-state index in [0.717, 1.165) is 11.3 Å². The molecule has 1 atom stereocenters. The molecule has 3 rings (SSSR count). The number of nitrogens with zero attached hydrogens (tertiary/aromatic N) is 2. The molecule has 0 saturated carbocycles. The van der Waals surface area contributed by atoms with Crippen LogP contribution in [0.25, 0.3) is 0 Å². The molecule has 19 heavy (non-hydrogen) atoms. The Bertz CT molecular complexity index is 586. The van der Waals surface area contributed by atoms with Crippen LogP contribution in [0.1, 0.15) is 5.56 Å². The van der Waals surface area contributed by atoms with Gasteiger partial charge in [-0.1, -0.05) is 18.2 Å². The molecule has 1 aliphatic rings. The monoisotopic (exact) mass is 255 g/mol. The molecule has 1 N–H and O–H groups in total. The molecule has 2 aromatic rings. The molecule has 1 aromatic heterocycles. The number of carbonyl (C=O) groups excluding carboxylic acids is 1. The number of benzene rings is 1. The fourth-order valence-corrected chi connectivity index (χ4v) is 2.07. The Hall–Kier alpha value is -2.43. The van der Waals surface area contributed by atoms with Crippen molar-refractivity contribution in [2.24, 2.45) is 5.92 Å². The highest BCUT2D eigenvalue weighted by Crippen LogP contribution is 2.27. The third kappa shape index (κ3) is 2.54. The number of para-hydroxylation sites is 1. The maximum absolute atomic E-state index is 12.1. The van der Waals surface area contributed by atoms with Crippen LogP contribution < -0.4 is 10.1 Å². The highest BCUT2D eigenvalue weighted by Gasteiger charge is 2.26. The van der Waals surface area contributed by atoms with Gasteiger partial charge in [-0.15, -0.1) is 0 Å². The first-order valence-electron chi connectivity index (χ1n) is 6.11. The maximum atomic E-state index is 12.1. The van der Waals surface area contributed by atoms with Gasteiger partial charge in [0.25, 0.3) is 0 Å². The second kappa shape index (κ2) is 5.06. The molecule has 1 aliphatic heterocycles. The standard InChI is InChI=1S/C14H13N3O2/c18-13(17-14-15-6-3-7-16-14)11-8-10-4-1-2-5-12(10)19-9-11/h1-7,11H,8-9H2,(H,15,16,17,18). The number of fused-ring (bicyclic) bond motifs is 1. The molecule has 96 valence electrons. The number of ether oxygens (including phenoxy) is 1. The summed E-state index contributed by atoms with van der Waals surface area (Å²) in [4.78, 5) is 20.1. The molecular weight excluding hydrogens is 242 g/mol. The molecule has 0 spiro atoms. The molecular formula is C14H13N3O2. The average molecular weight is 255 g/mol. The normalized spacial score (nSPS) is 17.2. The van der Waals surface area contributed by atoms with Crippen LogP contribution in [0, 0.1) is 5.92 Å². The summed E-state index contributed by atoms with van der Waals surface area (Å²) in [6.07, 6.45) is 3.86. The van der Waals surface area contributed by atoms with Gasteiger partial charge in [-0.25, -0.2) is 9.97 Å². The summed E-state index contributed by atoms with van der Waals surface area (Å²) in [7, 11) is 0. The average Bonchev–Trinajstić information content (AvgIpc) is 2.48. The molecule has 5 heteroatoms. The Labute approximate surface area is 110 Å². The van der Waals surface area contributed by atoms with Crippen LogP contribution >= 0.6 is 0 Å². The van der Waals surface area contributed by atoms with Crippen molar-refractivity contribution in [2.45, 2.75) is 6.42 Å². The second-order valence-electron chi connectivity index (χ2n) is 4.38. The number of nitrogens with one attached hydrogen (secondary N) is 1.